The molecule has 0 unspecified atom stereocenters. The molecule has 2 aromatic rings. The van der Waals surface area contributed by atoms with Gasteiger partial charge in [0.25, 0.3) is 0 Å². The van der Waals surface area contributed by atoms with Crippen LogP contribution >= 0.6 is 11.3 Å². The lowest BCUT2D eigenvalue weighted by Gasteiger charge is -1.91. The first-order valence-electron chi connectivity index (χ1n) is 3.49. The fraction of sp³-hybridized carbons (Fsp3) is 0. The third-order valence-electron chi connectivity index (χ3n) is 1.67. The lowest BCUT2D eigenvalue weighted by molar-refractivity contribution is 0.511. The van der Waals surface area contributed by atoms with Crippen molar-refractivity contribution in [3.63, 3.8) is 0 Å². The van der Waals surface area contributed by atoms with Gasteiger partial charge in [0, 0.05) is 4.70 Å². The number of nitriles is 1. The molecule has 4 heteroatoms. The van der Waals surface area contributed by atoms with Crippen molar-refractivity contribution in [1.29, 1.82) is 5.26 Å². The van der Waals surface area contributed by atoms with Gasteiger partial charge in [-0.1, -0.05) is 0 Å². The number of rotatable bonds is 0. The highest BCUT2D eigenvalue weighted by Crippen LogP contribution is 2.26. The van der Waals surface area contributed by atoms with Gasteiger partial charge in [-0.05, 0) is 23.6 Å². The highest BCUT2D eigenvalue weighted by molar-refractivity contribution is 7.19. The molecule has 0 saturated carbocycles. The minimum absolute atomic E-state index is 0.458. The van der Waals surface area contributed by atoms with Gasteiger partial charge in [-0.3, -0.25) is 0 Å². The van der Waals surface area contributed by atoms with Crippen molar-refractivity contribution in [3.8, 4) is 6.07 Å². The summed E-state index contributed by atoms with van der Waals surface area (Å²) in [6, 6.07) is 5.68. The molecule has 1 nitrogen and oxygen atoms in total. The summed E-state index contributed by atoms with van der Waals surface area (Å²) in [4.78, 5) is 0.458. The Morgan fingerprint density at radius 2 is 1.85 bits per heavy atom. The van der Waals surface area contributed by atoms with Crippen LogP contribution < -0.4 is 0 Å². The Labute approximate surface area is 76.8 Å². The first-order valence-corrected chi connectivity index (χ1v) is 4.31. The van der Waals surface area contributed by atoms with Gasteiger partial charge in [0.1, 0.15) is 10.9 Å². The molecule has 0 fully saturated rings. The third-order valence-corrected chi connectivity index (χ3v) is 2.67. The quantitative estimate of drug-likeness (QED) is 0.633. The Balaban J connectivity index is 2.79. The van der Waals surface area contributed by atoms with Crippen LogP contribution in [0.25, 0.3) is 10.1 Å². The van der Waals surface area contributed by atoms with Crippen molar-refractivity contribution in [3.05, 3.63) is 34.7 Å². The zero-order valence-corrected chi connectivity index (χ0v) is 7.16. The van der Waals surface area contributed by atoms with E-state index < -0.39 is 11.6 Å². The lowest BCUT2D eigenvalue weighted by atomic mass is 10.2. The van der Waals surface area contributed by atoms with E-state index in [9.17, 15) is 8.78 Å². The second kappa shape index (κ2) is 2.79. The minimum atomic E-state index is -0.880. The number of thiophene rings is 1. The van der Waals surface area contributed by atoms with Crippen LogP contribution in [0.15, 0.2) is 18.2 Å². The van der Waals surface area contributed by atoms with Crippen LogP contribution in [0, 0.1) is 23.0 Å². The molecule has 0 N–H and O–H groups in total. The average molecular weight is 195 g/mol. The van der Waals surface area contributed by atoms with Gasteiger partial charge in [0.05, 0.1) is 0 Å². The van der Waals surface area contributed by atoms with Gasteiger partial charge in [-0.25, -0.2) is 8.78 Å². The van der Waals surface area contributed by atoms with Gasteiger partial charge in [0.2, 0.25) is 0 Å². The van der Waals surface area contributed by atoms with Gasteiger partial charge in [-0.2, -0.15) is 5.26 Å². The standard InChI is InChI=1S/C9H3F2NS/c10-7-2-5-1-6(4-12)13-9(5)3-8(7)11/h1-3H. The zero-order valence-electron chi connectivity index (χ0n) is 6.34. The summed E-state index contributed by atoms with van der Waals surface area (Å²) in [6.45, 7) is 0. The van der Waals surface area contributed by atoms with E-state index in [1.165, 1.54) is 0 Å². The smallest absolute Gasteiger partial charge is 0.160 e. The summed E-state index contributed by atoms with van der Waals surface area (Å²) in [5.41, 5.74) is 0. The molecule has 0 aliphatic heterocycles. The maximum atomic E-state index is 12.7. The highest BCUT2D eigenvalue weighted by Gasteiger charge is 2.06. The van der Waals surface area contributed by atoms with Crippen LogP contribution in [0.3, 0.4) is 0 Å². The number of halogens is 2. The molecule has 0 atom stereocenters. The van der Waals surface area contributed by atoms with Crippen molar-refractivity contribution in [1.82, 2.24) is 0 Å². The molecule has 0 amide bonds. The van der Waals surface area contributed by atoms with E-state index in [4.69, 9.17) is 5.26 Å². The lowest BCUT2D eigenvalue weighted by Crippen LogP contribution is -1.79. The Morgan fingerprint density at radius 3 is 2.54 bits per heavy atom. The molecular formula is C9H3F2NS. The first-order chi connectivity index (χ1) is 6.20. The van der Waals surface area contributed by atoms with E-state index in [0.29, 0.717) is 15.0 Å². The molecule has 13 heavy (non-hydrogen) atoms. The second-order valence-electron chi connectivity index (χ2n) is 2.53. The summed E-state index contributed by atoms with van der Waals surface area (Å²) < 4.78 is 26.0. The minimum Gasteiger partial charge on any atom is -0.204 e. The van der Waals surface area contributed by atoms with E-state index in [2.05, 4.69) is 0 Å². The summed E-state index contributed by atoms with van der Waals surface area (Å²) in [5, 5.41) is 9.12. The Bertz CT molecular complexity index is 471. The Hall–Kier alpha value is -1.47. The van der Waals surface area contributed by atoms with Crippen LogP contribution in [-0.2, 0) is 0 Å². The van der Waals surface area contributed by atoms with Gasteiger partial charge in [-0.15, -0.1) is 11.3 Å². The summed E-state index contributed by atoms with van der Waals surface area (Å²) in [5.74, 6) is -1.76. The molecule has 1 aromatic heterocycles. The van der Waals surface area contributed by atoms with E-state index in [0.717, 1.165) is 23.5 Å². The molecule has 0 bridgehead atoms. The van der Waals surface area contributed by atoms with Gasteiger partial charge in [0.15, 0.2) is 11.6 Å². The molecule has 0 aliphatic rings. The summed E-state index contributed by atoms with van der Waals surface area (Å²) in [7, 11) is 0. The first kappa shape index (κ1) is 8.14. The van der Waals surface area contributed by atoms with Gasteiger partial charge >= 0.3 is 0 Å². The van der Waals surface area contributed by atoms with E-state index >= 15 is 0 Å². The topological polar surface area (TPSA) is 23.8 Å². The number of fused-ring (bicyclic) bond motifs is 1. The molecule has 2 rings (SSSR count). The van der Waals surface area contributed by atoms with E-state index in [1.807, 2.05) is 6.07 Å². The summed E-state index contributed by atoms with van der Waals surface area (Å²) in [6.07, 6.45) is 0. The predicted molar refractivity (Wildman–Crippen MR) is 46.5 cm³/mol. The highest BCUT2D eigenvalue weighted by atomic mass is 32.1. The van der Waals surface area contributed by atoms with Crippen LogP contribution in [-0.4, -0.2) is 0 Å². The summed E-state index contributed by atoms with van der Waals surface area (Å²) >= 11 is 1.15. The molecule has 0 radical (unpaired) electrons. The van der Waals surface area contributed by atoms with Gasteiger partial charge < -0.3 is 0 Å². The molecule has 1 aromatic carbocycles. The van der Waals surface area contributed by atoms with Crippen molar-refractivity contribution < 1.29 is 8.78 Å². The number of nitrogens with zero attached hydrogens (tertiary/aromatic N) is 1. The van der Waals surface area contributed by atoms with E-state index in [-0.39, 0.29) is 0 Å². The maximum Gasteiger partial charge on any atom is 0.160 e. The maximum absolute atomic E-state index is 12.7. The molecule has 1 heterocycles. The third kappa shape index (κ3) is 1.27. The molecule has 0 aliphatic carbocycles. The van der Waals surface area contributed by atoms with Crippen LogP contribution in [0.4, 0.5) is 8.78 Å². The SMILES string of the molecule is N#Cc1cc2cc(F)c(F)cc2s1. The molecule has 0 saturated heterocycles. The molecule has 0 spiro atoms. The van der Waals surface area contributed by atoms with Crippen LogP contribution in [0.5, 0.6) is 0 Å². The van der Waals surface area contributed by atoms with Crippen LogP contribution in [0.1, 0.15) is 4.88 Å². The Morgan fingerprint density at radius 1 is 1.15 bits per heavy atom. The molecule has 64 valence electrons. The van der Waals surface area contributed by atoms with Crippen molar-refractivity contribution in [2.75, 3.05) is 0 Å². The zero-order chi connectivity index (χ0) is 9.42. The van der Waals surface area contributed by atoms with Crippen molar-refractivity contribution >= 4 is 21.4 Å². The van der Waals surface area contributed by atoms with Crippen LogP contribution in [0.2, 0.25) is 0 Å². The Kier molecular flexibility index (Phi) is 1.74. The number of benzene rings is 1. The molecular weight excluding hydrogens is 192 g/mol. The predicted octanol–water partition coefficient (Wildman–Crippen LogP) is 3.05. The van der Waals surface area contributed by atoms with Crippen molar-refractivity contribution in [2.24, 2.45) is 0 Å². The van der Waals surface area contributed by atoms with E-state index in [1.54, 1.807) is 6.07 Å². The fourth-order valence-electron chi connectivity index (χ4n) is 1.09. The average Bonchev–Trinajstić information content (AvgIpc) is 2.48. The fourth-order valence-corrected chi connectivity index (χ4v) is 1.96. The monoisotopic (exact) mass is 195 g/mol. The van der Waals surface area contributed by atoms with Crippen molar-refractivity contribution in [2.45, 2.75) is 0 Å². The number of hydrogen-bond acceptors (Lipinski definition) is 2. The second-order valence-corrected chi connectivity index (χ2v) is 3.61. The normalized spacial score (nSPS) is 10.2. The largest absolute Gasteiger partial charge is 0.204 e. The number of hydrogen-bond donors (Lipinski definition) is 0.